The van der Waals surface area contributed by atoms with Gasteiger partial charge in [-0.05, 0) is 40.3 Å². The lowest BCUT2D eigenvalue weighted by molar-refractivity contribution is 0.249. The van der Waals surface area contributed by atoms with Gasteiger partial charge >= 0.3 is 0 Å². The molecule has 282 valence electrons. The molecule has 2 saturated carbocycles. The standard InChI is InChI=1S/C21H33N3.C15H27N3.C6H14OSi/c1-7-13-22(14-8-2)19-20(23(15-9-3)16-10-4)21(19)24(17-11-5)18-12-6;1-7-10-16(4)13-14(17(5)11-8-2)15(13)18(6)12-9-3;1-5-6-8(3,4)7-2/h7-12,19-21H,1-6,13-18H2;7-9,13-15H,1-3,10-12H2,4-6H3;5H,1,6H2,2-4H3. The zero-order valence-electron chi connectivity index (χ0n) is 33.0. The third-order valence-corrected chi connectivity index (χ3v) is 11.6. The first kappa shape index (κ1) is 47.3. The van der Waals surface area contributed by atoms with E-state index in [0.717, 1.165) is 64.9 Å². The molecule has 0 radical (unpaired) electrons. The van der Waals surface area contributed by atoms with Crippen molar-refractivity contribution in [2.75, 3.05) is 87.2 Å². The molecule has 0 unspecified atom stereocenters. The van der Waals surface area contributed by atoms with Crippen LogP contribution in [0.5, 0.6) is 0 Å². The monoisotopic (exact) mass is 707 g/mol. The van der Waals surface area contributed by atoms with Crippen LogP contribution in [-0.4, -0.2) is 161 Å². The summed E-state index contributed by atoms with van der Waals surface area (Å²) >= 11 is 0. The van der Waals surface area contributed by atoms with Crippen molar-refractivity contribution in [2.45, 2.75) is 55.4 Å². The summed E-state index contributed by atoms with van der Waals surface area (Å²) in [5.74, 6) is 0. The topological polar surface area (TPSA) is 28.7 Å². The van der Waals surface area contributed by atoms with Gasteiger partial charge in [-0.25, -0.2) is 0 Å². The Bertz CT molecular complexity index is 918. The first-order chi connectivity index (χ1) is 23.9. The highest BCUT2D eigenvalue weighted by molar-refractivity contribution is 6.71. The highest BCUT2D eigenvalue weighted by Crippen LogP contribution is 2.39. The summed E-state index contributed by atoms with van der Waals surface area (Å²) < 4.78 is 5.25. The molecule has 0 amide bonds. The Kier molecular flexibility index (Phi) is 24.8. The van der Waals surface area contributed by atoms with Gasteiger partial charge in [-0.1, -0.05) is 60.8 Å². The van der Waals surface area contributed by atoms with Crippen molar-refractivity contribution < 1.29 is 4.43 Å². The summed E-state index contributed by atoms with van der Waals surface area (Å²) in [6.07, 6.45) is 19.6. The maximum Gasteiger partial charge on any atom is 0.189 e. The second-order valence-corrected chi connectivity index (χ2v) is 18.0. The maximum absolute atomic E-state index is 5.25. The van der Waals surface area contributed by atoms with Crippen molar-refractivity contribution in [3.05, 3.63) is 127 Å². The molecule has 0 atom stereocenters. The molecule has 0 spiro atoms. The molecule has 7 nitrogen and oxygen atoms in total. The van der Waals surface area contributed by atoms with Crippen LogP contribution < -0.4 is 0 Å². The molecule has 0 aliphatic heterocycles. The van der Waals surface area contributed by atoms with Crippen molar-refractivity contribution >= 4 is 8.32 Å². The van der Waals surface area contributed by atoms with E-state index in [4.69, 9.17) is 4.43 Å². The fourth-order valence-corrected chi connectivity index (χ4v) is 7.61. The predicted molar refractivity (Wildman–Crippen MR) is 227 cm³/mol. The largest absolute Gasteiger partial charge is 0.420 e. The second kappa shape index (κ2) is 26.2. The molecular formula is C42H74N6OSi. The minimum atomic E-state index is -1.30. The summed E-state index contributed by atoms with van der Waals surface area (Å²) in [6, 6.07) is 4.04. The molecule has 0 heterocycles. The fourth-order valence-electron chi connectivity index (χ4n) is 6.75. The Morgan fingerprint density at radius 2 is 0.620 bits per heavy atom. The summed E-state index contributed by atoms with van der Waals surface area (Å²) in [7, 11) is 6.99. The lowest BCUT2D eigenvalue weighted by atomic mass is 10.3. The zero-order valence-corrected chi connectivity index (χ0v) is 34.0. The molecule has 0 saturated heterocycles. The minimum absolute atomic E-state index is 0.431. The molecule has 0 aromatic carbocycles. The molecule has 8 heteroatoms. The zero-order chi connectivity index (χ0) is 38.3. The van der Waals surface area contributed by atoms with Gasteiger partial charge < -0.3 is 4.43 Å². The Balaban J connectivity index is 0.000000810. The van der Waals surface area contributed by atoms with Crippen molar-refractivity contribution in [3.8, 4) is 0 Å². The number of hydrogen-bond donors (Lipinski definition) is 0. The summed E-state index contributed by atoms with van der Waals surface area (Å²) in [5.41, 5.74) is 0. The number of hydrogen-bond acceptors (Lipinski definition) is 7. The molecular weight excluding hydrogens is 633 g/mol. The first-order valence-electron chi connectivity index (χ1n) is 17.9. The third kappa shape index (κ3) is 15.7. The molecule has 2 aliphatic rings. The van der Waals surface area contributed by atoms with Crippen LogP contribution in [0.1, 0.15) is 0 Å². The van der Waals surface area contributed by atoms with Gasteiger partial charge in [0.05, 0.1) is 0 Å². The van der Waals surface area contributed by atoms with E-state index in [2.05, 4.69) is 129 Å². The fraction of sp³-hybridized carbons (Fsp3) is 0.524. The normalized spacial score (nSPS) is 22.2. The van der Waals surface area contributed by atoms with Crippen LogP contribution in [-0.2, 0) is 4.43 Å². The number of rotatable bonds is 27. The van der Waals surface area contributed by atoms with Gasteiger partial charge in [-0.15, -0.1) is 65.8 Å². The van der Waals surface area contributed by atoms with Crippen LogP contribution in [0.15, 0.2) is 127 Å². The molecule has 2 rings (SSSR count). The third-order valence-electron chi connectivity index (χ3n) is 9.23. The van der Waals surface area contributed by atoms with E-state index in [-0.39, 0.29) is 0 Å². The number of nitrogens with zero attached hydrogens (tertiary/aromatic N) is 6. The van der Waals surface area contributed by atoms with E-state index in [9.17, 15) is 0 Å². The molecule has 0 aromatic heterocycles. The van der Waals surface area contributed by atoms with E-state index < -0.39 is 8.32 Å². The molecule has 2 fully saturated rings. The van der Waals surface area contributed by atoms with Crippen LogP contribution in [0.3, 0.4) is 0 Å². The van der Waals surface area contributed by atoms with Crippen LogP contribution >= 0.6 is 0 Å². The van der Waals surface area contributed by atoms with Gasteiger partial charge in [0.2, 0.25) is 0 Å². The van der Waals surface area contributed by atoms with E-state index in [1.807, 2.05) is 60.8 Å². The quantitative estimate of drug-likeness (QED) is 0.0702. The van der Waals surface area contributed by atoms with Gasteiger partial charge in [0.1, 0.15) is 0 Å². The lowest BCUT2D eigenvalue weighted by Gasteiger charge is -2.23. The summed E-state index contributed by atoms with van der Waals surface area (Å²) in [4.78, 5) is 14.4. The lowest BCUT2D eigenvalue weighted by Crippen LogP contribution is -2.35. The van der Waals surface area contributed by atoms with Crippen molar-refractivity contribution in [1.82, 2.24) is 29.4 Å². The number of allylic oxidation sites excluding steroid dienone is 1. The Morgan fingerprint density at radius 1 is 0.400 bits per heavy atom. The van der Waals surface area contributed by atoms with Crippen LogP contribution in [0.4, 0.5) is 0 Å². The van der Waals surface area contributed by atoms with Crippen LogP contribution in [0.2, 0.25) is 19.1 Å². The Labute approximate surface area is 310 Å². The number of likely N-dealkylation sites (N-methyl/N-ethyl adjacent to an activating group) is 3. The molecule has 2 aliphatic carbocycles. The predicted octanol–water partition coefficient (Wildman–Crippen LogP) is 6.61. The second-order valence-electron chi connectivity index (χ2n) is 13.7. The Hall–Kier alpha value is -2.66. The SMILES string of the molecule is C=CCN(C)C1C(N(C)CC=C)C1N(C)CC=C.C=CCN(CC=C)C1C(N(CC=C)CC=C)C1N(CC=C)CC=C.C=CC[Si](C)(C)OC. The molecule has 50 heavy (non-hydrogen) atoms. The van der Waals surface area contributed by atoms with E-state index in [1.165, 1.54) is 0 Å². The minimum Gasteiger partial charge on any atom is -0.420 e. The van der Waals surface area contributed by atoms with Gasteiger partial charge in [-0.3, -0.25) is 29.4 Å². The van der Waals surface area contributed by atoms with Gasteiger partial charge in [0, 0.05) is 102 Å². The van der Waals surface area contributed by atoms with E-state index >= 15 is 0 Å². The van der Waals surface area contributed by atoms with E-state index in [0.29, 0.717) is 36.3 Å². The first-order valence-corrected chi connectivity index (χ1v) is 21.0. The summed E-state index contributed by atoms with van der Waals surface area (Å²) in [6.45, 7) is 50.9. The van der Waals surface area contributed by atoms with Gasteiger partial charge in [0.25, 0.3) is 0 Å². The highest BCUT2D eigenvalue weighted by Gasteiger charge is 2.58. The molecule has 0 aromatic rings. The van der Waals surface area contributed by atoms with Crippen molar-refractivity contribution in [3.63, 3.8) is 0 Å². The van der Waals surface area contributed by atoms with Gasteiger partial charge in [-0.2, -0.15) is 0 Å². The summed E-state index contributed by atoms with van der Waals surface area (Å²) in [5, 5.41) is 0. The highest BCUT2D eigenvalue weighted by atomic mass is 28.4. The van der Waals surface area contributed by atoms with Crippen LogP contribution in [0.25, 0.3) is 0 Å². The molecule has 0 bridgehead atoms. The van der Waals surface area contributed by atoms with E-state index in [1.54, 1.807) is 7.11 Å². The van der Waals surface area contributed by atoms with Crippen molar-refractivity contribution in [2.24, 2.45) is 0 Å². The van der Waals surface area contributed by atoms with Crippen LogP contribution in [0, 0.1) is 0 Å². The van der Waals surface area contributed by atoms with Gasteiger partial charge in [0.15, 0.2) is 8.32 Å². The smallest absolute Gasteiger partial charge is 0.189 e. The van der Waals surface area contributed by atoms with Crippen molar-refractivity contribution in [1.29, 1.82) is 0 Å². The molecule has 0 N–H and O–H groups in total. The Morgan fingerprint density at radius 3 is 0.760 bits per heavy atom. The average molecular weight is 707 g/mol. The maximum atomic E-state index is 5.25. The average Bonchev–Trinajstić information content (AvgIpc) is 3.99.